The van der Waals surface area contributed by atoms with Gasteiger partial charge in [0.15, 0.2) is 4.80 Å². The summed E-state index contributed by atoms with van der Waals surface area (Å²) in [5.74, 6) is 0.131. The van der Waals surface area contributed by atoms with E-state index in [0.717, 1.165) is 5.75 Å². The number of hydrogen-bond donors (Lipinski definition) is 0. The molecule has 0 aliphatic carbocycles. The van der Waals surface area contributed by atoms with Crippen LogP contribution in [0.3, 0.4) is 0 Å². The van der Waals surface area contributed by atoms with Crippen LogP contribution in [0.2, 0.25) is 0 Å². The van der Waals surface area contributed by atoms with Crippen LogP contribution in [-0.4, -0.2) is 23.6 Å². The Morgan fingerprint density at radius 1 is 1.19 bits per heavy atom. The Balaban J connectivity index is 2.46. The highest BCUT2D eigenvalue weighted by atomic mass is 32.1. The summed E-state index contributed by atoms with van der Waals surface area (Å²) in [6, 6.07) is 7.10. The van der Waals surface area contributed by atoms with Gasteiger partial charge in [-0.05, 0) is 24.3 Å². The van der Waals surface area contributed by atoms with Crippen LogP contribution in [0.25, 0.3) is 0 Å². The molecule has 6 nitrogen and oxygen atoms in total. The number of aromatic nitrogens is 1. The Morgan fingerprint density at radius 2 is 1.86 bits per heavy atom. The average molecular weight is 306 g/mol. The van der Waals surface area contributed by atoms with Gasteiger partial charge in [-0.15, -0.1) is 11.3 Å². The van der Waals surface area contributed by atoms with Crippen LogP contribution in [0, 0.1) is 0 Å². The molecule has 0 fully saturated rings. The Bertz CT molecular complexity index is 728. The zero-order valence-corrected chi connectivity index (χ0v) is 12.6. The van der Waals surface area contributed by atoms with E-state index in [4.69, 9.17) is 9.47 Å². The van der Waals surface area contributed by atoms with Crippen molar-refractivity contribution < 1.29 is 19.1 Å². The third-order valence-corrected chi connectivity index (χ3v) is 3.34. The summed E-state index contributed by atoms with van der Waals surface area (Å²) in [7, 11) is 1.58. The standard InChI is InChI=1S/C14H14N2O4S/c1-9(17)16-13(20-10(2)18)8-21-14(16)15-11-4-6-12(19-3)7-5-11/h4-8H,1-3H3. The summed E-state index contributed by atoms with van der Waals surface area (Å²) in [5.41, 5.74) is 0.669. The van der Waals surface area contributed by atoms with Gasteiger partial charge in [-0.25, -0.2) is 9.56 Å². The predicted octanol–water partition coefficient (Wildman–Crippen LogP) is 2.38. The van der Waals surface area contributed by atoms with Gasteiger partial charge >= 0.3 is 5.97 Å². The first kappa shape index (κ1) is 15.0. The number of ether oxygens (including phenoxy) is 2. The minimum Gasteiger partial charge on any atom is -0.497 e. The fourth-order valence-corrected chi connectivity index (χ4v) is 2.49. The van der Waals surface area contributed by atoms with E-state index in [1.165, 1.54) is 29.8 Å². The molecule has 1 heterocycles. The largest absolute Gasteiger partial charge is 0.497 e. The first-order chi connectivity index (χ1) is 10.0. The number of carbonyl (C=O) groups is 2. The molecule has 0 radical (unpaired) electrons. The third-order valence-electron chi connectivity index (χ3n) is 2.54. The highest BCUT2D eigenvalue weighted by Gasteiger charge is 2.12. The van der Waals surface area contributed by atoms with E-state index in [-0.39, 0.29) is 11.8 Å². The number of methoxy groups -OCH3 is 1. The van der Waals surface area contributed by atoms with Gasteiger partial charge in [0.05, 0.1) is 18.2 Å². The molecule has 2 aromatic rings. The molecule has 0 aliphatic heterocycles. The maximum absolute atomic E-state index is 11.7. The lowest BCUT2D eigenvalue weighted by Crippen LogP contribution is -2.22. The van der Waals surface area contributed by atoms with Crippen LogP contribution in [0.4, 0.5) is 5.69 Å². The van der Waals surface area contributed by atoms with Crippen molar-refractivity contribution in [3.63, 3.8) is 0 Å². The zero-order valence-electron chi connectivity index (χ0n) is 11.8. The van der Waals surface area contributed by atoms with E-state index in [2.05, 4.69) is 4.99 Å². The van der Waals surface area contributed by atoms with E-state index in [1.54, 1.807) is 36.8 Å². The fourth-order valence-electron chi connectivity index (χ4n) is 1.65. The van der Waals surface area contributed by atoms with Crippen molar-refractivity contribution in [3.8, 4) is 11.6 Å². The molecule has 0 amide bonds. The molecule has 0 unspecified atom stereocenters. The number of nitrogens with zero attached hydrogens (tertiary/aromatic N) is 2. The van der Waals surface area contributed by atoms with Gasteiger partial charge in [-0.1, -0.05) is 0 Å². The summed E-state index contributed by atoms with van der Waals surface area (Å²) >= 11 is 1.22. The molecule has 1 aromatic carbocycles. The Morgan fingerprint density at radius 3 is 2.38 bits per heavy atom. The molecule has 0 saturated carbocycles. The normalized spacial score (nSPS) is 11.3. The molecule has 0 aliphatic rings. The van der Waals surface area contributed by atoms with E-state index < -0.39 is 5.97 Å². The summed E-state index contributed by atoms with van der Waals surface area (Å²) < 4.78 is 11.3. The van der Waals surface area contributed by atoms with Crippen LogP contribution >= 0.6 is 11.3 Å². The topological polar surface area (TPSA) is 69.9 Å². The lowest BCUT2D eigenvalue weighted by atomic mass is 10.3. The number of hydrogen-bond acceptors (Lipinski definition) is 6. The number of benzene rings is 1. The van der Waals surface area contributed by atoms with Gasteiger partial charge < -0.3 is 9.47 Å². The zero-order chi connectivity index (χ0) is 15.4. The predicted molar refractivity (Wildman–Crippen MR) is 78.1 cm³/mol. The number of esters is 1. The minimum absolute atomic E-state index is 0.173. The lowest BCUT2D eigenvalue weighted by molar-refractivity contribution is -0.132. The molecular weight excluding hydrogens is 292 g/mol. The molecule has 21 heavy (non-hydrogen) atoms. The van der Waals surface area contributed by atoms with E-state index in [1.807, 2.05) is 0 Å². The van der Waals surface area contributed by atoms with Gasteiger partial charge in [0.25, 0.3) is 0 Å². The molecule has 0 spiro atoms. The maximum atomic E-state index is 11.7. The van der Waals surface area contributed by atoms with Crippen molar-refractivity contribution >= 4 is 28.9 Å². The van der Waals surface area contributed by atoms with Gasteiger partial charge in [-0.3, -0.25) is 9.59 Å². The molecule has 0 N–H and O–H groups in total. The number of carbonyl (C=O) groups excluding carboxylic acids is 2. The SMILES string of the molecule is COc1ccc(N=c2scc(OC(C)=O)n2C(C)=O)cc1. The number of thiazole rings is 1. The van der Waals surface area contributed by atoms with Crippen molar-refractivity contribution in [1.82, 2.24) is 4.57 Å². The van der Waals surface area contributed by atoms with Crippen molar-refractivity contribution in [2.45, 2.75) is 13.8 Å². The molecule has 0 bridgehead atoms. The first-order valence-corrected chi connectivity index (χ1v) is 6.98. The summed E-state index contributed by atoms with van der Waals surface area (Å²) in [6.45, 7) is 2.66. The third kappa shape index (κ3) is 3.57. The van der Waals surface area contributed by atoms with E-state index in [0.29, 0.717) is 10.5 Å². The van der Waals surface area contributed by atoms with Crippen LogP contribution < -0.4 is 14.3 Å². The quantitative estimate of drug-likeness (QED) is 0.816. The van der Waals surface area contributed by atoms with Crippen LogP contribution in [-0.2, 0) is 4.79 Å². The summed E-state index contributed by atoms with van der Waals surface area (Å²) in [6.07, 6.45) is 0. The Hall–Kier alpha value is -2.41. The van der Waals surface area contributed by atoms with Crippen molar-refractivity contribution in [2.75, 3.05) is 7.11 Å². The molecule has 0 atom stereocenters. The monoisotopic (exact) mass is 306 g/mol. The van der Waals surface area contributed by atoms with Gasteiger partial charge in [0, 0.05) is 13.8 Å². The second kappa shape index (κ2) is 6.36. The highest BCUT2D eigenvalue weighted by molar-refractivity contribution is 7.07. The maximum Gasteiger partial charge on any atom is 0.309 e. The van der Waals surface area contributed by atoms with Crippen molar-refractivity contribution in [1.29, 1.82) is 0 Å². The lowest BCUT2D eigenvalue weighted by Gasteiger charge is -2.03. The average Bonchev–Trinajstić information content (AvgIpc) is 2.81. The van der Waals surface area contributed by atoms with Crippen LogP contribution in [0.5, 0.6) is 11.6 Å². The van der Waals surface area contributed by atoms with Crippen molar-refractivity contribution in [3.05, 3.63) is 34.4 Å². The van der Waals surface area contributed by atoms with Gasteiger partial charge in [-0.2, -0.15) is 0 Å². The minimum atomic E-state index is -0.487. The Kier molecular flexibility index (Phi) is 4.54. The smallest absolute Gasteiger partial charge is 0.309 e. The van der Waals surface area contributed by atoms with Crippen LogP contribution in [0.15, 0.2) is 34.6 Å². The Labute approximate surface area is 125 Å². The van der Waals surface area contributed by atoms with Gasteiger partial charge in [0.1, 0.15) is 5.75 Å². The van der Waals surface area contributed by atoms with E-state index >= 15 is 0 Å². The van der Waals surface area contributed by atoms with E-state index in [9.17, 15) is 9.59 Å². The molecule has 110 valence electrons. The second-order valence-electron chi connectivity index (χ2n) is 4.11. The first-order valence-electron chi connectivity index (χ1n) is 6.10. The summed E-state index contributed by atoms with van der Waals surface area (Å²) in [5, 5.41) is 1.57. The molecule has 2 rings (SSSR count). The summed E-state index contributed by atoms with van der Waals surface area (Å²) in [4.78, 5) is 27.6. The fraction of sp³-hybridized carbons (Fsp3) is 0.214. The van der Waals surface area contributed by atoms with Crippen LogP contribution in [0.1, 0.15) is 18.6 Å². The highest BCUT2D eigenvalue weighted by Crippen LogP contribution is 2.18. The molecule has 1 aromatic heterocycles. The molecule has 0 saturated heterocycles. The van der Waals surface area contributed by atoms with Crippen molar-refractivity contribution in [2.24, 2.45) is 4.99 Å². The molecular formula is C14H14N2O4S. The molecule has 7 heteroatoms. The van der Waals surface area contributed by atoms with Gasteiger partial charge in [0.2, 0.25) is 11.8 Å². The number of rotatable bonds is 3. The second-order valence-corrected chi connectivity index (χ2v) is 4.95.